The van der Waals surface area contributed by atoms with Gasteiger partial charge in [-0.15, -0.1) is 0 Å². The van der Waals surface area contributed by atoms with Crippen LogP contribution in [0.1, 0.15) is 13.8 Å². The second-order valence-corrected chi connectivity index (χ2v) is 5.12. The molecular formula is C6H7Cl2FO2S. The number of rotatable bonds is 4. The monoisotopic (exact) mass is 232 g/mol. The number of Topliss-reactive ketones (excluding diaryl/α,β-unsaturated/α-hetero) is 2. The van der Waals surface area contributed by atoms with Crippen molar-refractivity contribution in [2.45, 2.75) is 23.0 Å². The van der Waals surface area contributed by atoms with Gasteiger partial charge in [-0.05, 0) is 13.8 Å². The van der Waals surface area contributed by atoms with Crippen molar-refractivity contribution < 1.29 is 14.0 Å². The quantitative estimate of drug-likeness (QED) is 0.552. The van der Waals surface area contributed by atoms with Crippen molar-refractivity contribution in [2.24, 2.45) is 0 Å². The topological polar surface area (TPSA) is 34.1 Å². The molecule has 6 heteroatoms. The van der Waals surface area contributed by atoms with Gasteiger partial charge in [-0.2, -0.15) is 4.39 Å². The highest BCUT2D eigenvalue weighted by molar-refractivity contribution is 8.04. The normalized spacial score (nSPS) is 11.8. The van der Waals surface area contributed by atoms with E-state index in [0.717, 1.165) is 0 Å². The van der Waals surface area contributed by atoms with E-state index in [9.17, 15) is 14.0 Å². The predicted octanol–water partition coefficient (Wildman–Crippen LogP) is 2.32. The van der Waals surface area contributed by atoms with E-state index >= 15 is 0 Å². The average molecular weight is 233 g/mol. The molecule has 0 bridgehead atoms. The van der Waals surface area contributed by atoms with Crippen molar-refractivity contribution in [2.75, 3.05) is 0 Å². The molecule has 0 unspecified atom stereocenters. The summed E-state index contributed by atoms with van der Waals surface area (Å²) in [6.45, 7) is 2.36. The molecule has 0 spiro atoms. The summed E-state index contributed by atoms with van der Waals surface area (Å²) in [7, 11) is 0. The molecule has 70 valence electrons. The number of halogens is 3. The van der Waals surface area contributed by atoms with Crippen LogP contribution in [0.3, 0.4) is 0 Å². The number of hydrogen-bond donors (Lipinski definition) is 0. The third kappa shape index (κ3) is 4.95. The molecule has 0 atom stereocenters. The highest BCUT2D eigenvalue weighted by atomic mass is 35.5. The number of ketones is 2. The Morgan fingerprint density at radius 3 is 1.75 bits per heavy atom. The Morgan fingerprint density at radius 1 is 1.33 bits per heavy atom. The number of carbonyl (C=O) groups excluding carboxylic acids is 2. The smallest absolute Gasteiger partial charge is 0.298 e. The van der Waals surface area contributed by atoms with Crippen molar-refractivity contribution in [1.82, 2.24) is 0 Å². The lowest BCUT2D eigenvalue weighted by Gasteiger charge is -2.14. The summed E-state index contributed by atoms with van der Waals surface area (Å²) in [6, 6.07) is 0. The van der Waals surface area contributed by atoms with Gasteiger partial charge in [0.1, 0.15) is 16.8 Å². The Hall–Kier alpha value is 0.200. The van der Waals surface area contributed by atoms with E-state index in [0.29, 0.717) is 0 Å². The zero-order valence-electron chi connectivity index (χ0n) is 6.44. The third-order valence-electron chi connectivity index (χ3n) is 0.990. The van der Waals surface area contributed by atoms with E-state index in [1.807, 2.05) is 0 Å². The van der Waals surface area contributed by atoms with E-state index in [2.05, 4.69) is 0 Å². The molecule has 0 aromatic rings. The summed E-state index contributed by atoms with van der Waals surface area (Å²) in [5, 5.41) is -1.12. The van der Waals surface area contributed by atoms with Gasteiger partial charge in [0.25, 0.3) is 0 Å². The van der Waals surface area contributed by atoms with Crippen LogP contribution in [0.2, 0.25) is 0 Å². The summed E-state index contributed by atoms with van der Waals surface area (Å²) >= 11 is 10.2. The minimum absolute atomic E-state index is 0.283. The first-order valence-corrected chi connectivity index (χ1v) is 4.63. The molecule has 0 N–H and O–H groups in total. The Kier molecular flexibility index (Phi) is 4.51. The second kappa shape index (κ2) is 4.44. The minimum Gasteiger partial charge on any atom is -0.298 e. The van der Waals surface area contributed by atoms with Gasteiger partial charge >= 0.3 is 3.92 Å². The van der Waals surface area contributed by atoms with Gasteiger partial charge in [-0.3, -0.25) is 9.59 Å². The van der Waals surface area contributed by atoms with Crippen molar-refractivity contribution in [3.8, 4) is 0 Å². The van der Waals surface area contributed by atoms with E-state index in [1.54, 1.807) is 0 Å². The maximum Gasteiger partial charge on any atom is 0.306 e. The van der Waals surface area contributed by atoms with Gasteiger partial charge in [0.2, 0.25) is 0 Å². The molecule has 2 nitrogen and oxygen atoms in total. The zero-order chi connectivity index (χ0) is 9.94. The molecule has 12 heavy (non-hydrogen) atoms. The first-order valence-electron chi connectivity index (χ1n) is 2.99. The lowest BCUT2D eigenvalue weighted by Crippen LogP contribution is -2.25. The van der Waals surface area contributed by atoms with Crippen molar-refractivity contribution in [1.29, 1.82) is 0 Å². The molecule has 0 aliphatic rings. The second-order valence-electron chi connectivity index (χ2n) is 2.16. The molecule has 0 aliphatic heterocycles. The van der Waals surface area contributed by atoms with Crippen molar-refractivity contribution >= 4 is 46.5 Å². The first-order chi connectivity index (χ1) is 5.24. The molecule has 0 heterocycles. The van der Waals surface area contributed by atoms with Crippen LogP contribution in [0, 0.1) is 0 Å². The fourth-order valence-corrected chi connectivity index (χ4v) is 1.72. The maximum atomic E-state index is 12.5. The Balaban J connectivity index is 4.35. The van der Waals surface area contributed by atoms with Crippen LogP contribution in [0.4, 0.5) is 4.39 Å². The maximum absolute atomic E-state index is 12.5. The molecule has 0 aliphatic carbocycles. The van der Waals surface area contributed by atoms with E-state index in [4.69, 9.17) is 23.2 Å². The number of thioether (sulfide) groups is 1. The summed E-state index contributed by atoms with van der Waals surface area (Å²) in [5.74, 6) is -0.924. The fraction of sp³-hybridized carbons (Fsp3) is 0.667. The van der Waals surface area contributed by atoms with Gasteiger partial charge in [0.15, 0.2) is 0 Å². The Morgan fingerprint density at radius 2 is 1.67 bits per heavy atom. The van der Waals surface area contributed by atoms with Crippen molar-refractivity contribution in [3.05, 3.63) is 0 Å². The SMILES string of the molecule is CC(=O)C(SC(F)(Cl)Cl)C(C)=O. The lowest BCUT2D eigenvalue weighted by molar-refractivity contribution is -0.123. The largest absolute Gasteiger partial charge is 0.306 e. The molecule has 0 fully saturated rings. The molecule has 0 saturated carbocycles. The standard InChI is InChI=1S/C6H7Cl2FO2S/c1-3(10)5(4(2)11)12-6(7,8)9/h5H,1-2H3. The van der Waals surface area contributed by atoms with Crippen LogP contribution < -0.4 is 0 Å². The van der Waals surface area contributed by atoms with E-state index < -0.39 is 20.7 Å². The molecule has 0 saturated heterocycles. The molecule has 0 radical (unpaired) electrons. The van der Waals surface area contributed by atoms with Crippen LogP contribution in [-0.4, -0.2) is 20.7 Å². The van der Waals surface area contributed by atoms with Crippen molar-refractivity contribution in [3.63, 3.8) is 0 Å². The van der Waals surface area contributed by atoms with Crippen LogP contribution in [0.5, 0.6) is 0 Å². The summed E-state index contributed by atoms with van der Waals surface area (Å²) in [5.41, 5.74) is 0. The van der Waals surface area contributed by atoms with Crippen LogP contribution in [0.25, 0.3) is 0 Å². The van der Waals surface area contributed by atoms with Crippen LogP contribution >= 0.6 is 35.0 Å². The summed E-state index contributed by atoms with van der Waals surface area (Å²) < 4.78 is 9.95. The summed E-state index contributed by atoms with van der Waals surface area (Å²) in [4.78, 5) is 21.5. The molecule has 0 aromatic carbocycles. The fourth-order valence-electron chi connectivity index (χ4n) is 0.586. The van der Waals surface area contributed by atoms with Gasteiger partial charge in [-0.25, -0.2) is 0 Å². The van der Waals surface area contributed by atoms with E-state index in [1.165, 1.54) is 13.8 Å². The first kappa shape index (κ1) is 12.2. The van der Waals surface area contributed by atoms with Crippen LogP contribution in [-0.2, 0) is 9.59 Å². The van der Waals surface area contributed by atoms with Gasteiger partial charge < -0.3 is 0 Å². The average Bonchev–Trinajstić information content (AvgIpc) is 1.79. The zero-order valence-corrected chi connectivity index (χ0v) is 8.76. The molecule has 0 aromatic heterocycles. The third-order valence-corrected chi connectivity index (χ3v) is 2.69. The number of alkyl halides is 3. The number of hydrogen-bond acceptors (Lipinski definition) is 3. The lowest BCUT2D eigenvalue weighted by atomic mass is 10.2. The molecule has 0 amide bonds. The Bertz CT molecular complexity index is 188. The molecular weight excluding hydrogens is 226 g/mol. The molecule has 0 rings (SSSR count). The van der Waals surface area contributed by atoms with E-state index in [-0.39, 0.29) is 11.8 Å². The Labute approximate surface area is 83.8 Å². The van der Waals surface area contributed by atoms with Crippen LogP contribution in [0.15, 0.2) is 0 Å². The number of carbonyl (C=O) groups is 2. The predicted molar refractivity (Wildman–Crippen MR) is 48.3 cm³/mol. The van der Waals surface area contributed by atoms with Gasteiger partial charge in [0, 0.05) is 0 Å². The van der Waals surface area contributed by atoms with Gasteiger partial charge in [-0.1, -0.05) is 35.0 Å². The summed E-state index contributed by atoms with van der Waals surface area (Å²) in [6.07, 6.45) is 0. The highest BCUT2D eigenvalue weighted by Crippen LogP contribution is 2.39. The van der Waals surface area contributed by atoms with Gasteiger partial charge in [0.05, 0.1) is 0 Å². The highest BCUT2D eigenvalue weighted by Gasteiger charge is 2.33. The minimum atomic E-state index is -2.60.